The van der Waals surface area contributed by atoms with Crippen molar-refractivity contribution in [2.45, 2.75) is 13.3 Å². The van der Waals surface area contributed by atoms with Crippen LogP contribution in [0, 0.1) is 6.92 Å². The van der Waals surface area contributed by atoms with Crippen molar-refractivity contribution >= 4 is 17.7 Å². The number of primary amides is 1. The molecule has 0 bridgehead atoms. The highest BCUT2D eigenvalue weighted by atomic mass is 16.4. The first-order valence-corrected chi connectivity index (χ1v) is 5.11. The smallest absolute Gasteiger partial charge is 0.305 e. The highest BCUT2D eigenvalue weighted by Crippen LogP contribution is 2.13. The van der Waals surface area contributed by atoms with Gasteiger partial charge in [0.15, 0.2) is 0 Å². The summed E-state index contributed by atoms with van der Waals surface area (Å²) < 4.78 is 0. The van der Waals surface area contributed by atoms with E-state index in [2.05, 4.69) is 4.98 Å². The first-order valence-electron chi connectivity index (χ1n) is 5.11. The zero-order valence-electron chi connectivity index (χ0n) is 9.80. The average molecular weight is 237 g/mol. The van der Waals surface area contributed by atoms with E-state index in [4.69, 9.17) is 10.8 Å². The number of aromatic nitrogens is 1. The molecule has 0 radical (unpaired) electrons. The van der Waals surface area contributed by atoms with Gasteiger partial charge in [-0.3, -0.25) is 9.59 Å². The fourth-order valence-electron chi connectivity index (χ4n) is 1.37. The summed E-state index contributed by atoms with van der Waals surface area (Å²) in [5.41, 5.74) is 6.23. The number of carboxylic acid groups (broad SMARTS) is 1. The van der Waals surface area contributed by atoms with Crippen LogP contribution in [0.5, 0.6) is 0 Å². The summed E-state index contributed by atoms with van der Waals surface area (Å²) in [4.78, 5) is 27.4. The predicted octanol–water partition coefficient (Wildman–Crippen LogP) is 0.400. The van der Waals surface area contributed by atoms with E-state index >= 15 is 0 Å². The second-order valence-corrected chi connectivity index (χ2v) is 3.78. The number of aliphatic carboxylic acids is 1. The van der Waals surface area contributed by atoms with E-state index < -0.39 is 11.9 Å². The highest BCUT2D eigenvalue weighted by Gasteiger charge is 2.09. The van der Waals surface area contributed by atoms with Crippen LogP contribution in [-0.2, 0) is 4.79 Å². The molecule has 0 saturated heterocycles. The molecule has 0 fully saturated rings. The number of rotatable bonds is 5. The van der Waals surface area contributed by atoms with Gasteiger partial charge in [-0.2, -0.15) is 0 Å². The van der Waals surface area contributed by atoms with Gasteiger partial charge in [0.05, 0.1) is 6.42 Å². The van der Waals surface area contributed by atoms with Gasteiger partial charge >= 0.3 is 5.97 Å². The Morgan fingerprint density at radius 3 is 2.65 bits per heavy atom. The SMILES string of the molecule is Cc1cc(C(N)=O)cc(N(C)CCC(=O)O)n1. The summed E-state index contributed by atoms with van der Waals surface area (Å²) >= 11 is 0. The first-order chi connectivity index (χ1) is 7.90. The molecule has 1 heterocycles. The van der Waals surface area contributed by atoms with Crippen molar-refractivity contribution in [1.29, 1.82) is 0 Å². The van der Waals surface area contributed by atoms with Gasteiger partial charge in [-0.1, -0.05) is 0 Å². The van der Waals surface area contributed by atoms with E-state index in [-0.39, 0.29) is 6.42 Å². The Hall–Kier alpha value is -2.11. The van der Waals surface area contributed by atoms with Gasteiger partial charge in [-0.05, 0) is 19.1 Å². The molecule has 0 aliphatic rings. The Labute approximate surface area is 99.1 Å². The molecule has 0 unspecified atom stereocenters. The number of carbonyl (C=O) groups excluding carboxylic acids is 1. The molecular weight excluding hydrogens is 222 g/mol. The molecule has 0 aliphatic heterocycles. The zero-order chi connectivity index (χ0) is 13.0. The molecule has 0 atom stereocenters. The van der Waals surface area contributed by atoms with Crippen LogP contribution in [0.3, 0.4) is 0 Å². The predicted molar refractivity (Wildman–Crippen MR) is 63.0 cm³/mol. The molecule has 0 spiro atoms. The summed E-state index contributed by atoms with van der Waals surface area (Å²) in [7, 11) is 1.72. The van der Waals surface area contributed by atoms with Gasteiger partial charge in [0.2, 0.25) is 5.91 Å². The fraction of sp³-hybridized carbons (Fsp3) is 0.364. The van der Waals surface area contributed by atoms with Crippen molar-refractivity contribution in [3.8, 4) is 0 Å². The van der Waals surface area contributed by atoms with Crippen molar-refractivity contribution in [1.82, 2.24) is 4.98 Å². The summed E-state index contributed by atoms with van der Waals surface area (Å²) in [6, 6.07) is 3.15. The molecule has 92 valence electrons. The van der Waals surface area contributed by atoms with Crippen molar-refractivity contribution < 1.29 is 14.7 Å². The molecular formula is C11H15N3O3. The van der Waals surface area contributed by atoms with Gasteiger partial charge in [0.25, 0.3) is 0 Å². The van der Waals surface area contributed by atoms with Gasteiger partial charge in [0, 0.05) is 24.8 Å². The van der Waals surface area contributed by atoms with Crippen molar-refractivity contribution in [3.05, 3.63) is 23.4 Å². The normalized spacial score (nSPS) is 10.0. The number of nitrogens with two attached hydrogens (primary N) is 1. The Kier molecular flexibility index (Phi) is 4.03. The van der Waals surface area contributed by atoms with Crippen LogP contribution in [-0.4, -0.2) is 35.6 Å². The quantitative estimate of drug-likeness (QED) is 0.772. The van der Waals surface area contributed by atoms with Crippen LogP contribution in [0.15, 0.2) is 12.1 Å². The van der Waals surface area contributed by atoms with Crippen LogP contribution in [0.4, 0.5) is 5.82 Å². The molecule has 0 saturated carbocycles. The lowest BCUT2D eigenvalue weighted by Gasteiger charge is -2.18. The molecule has 0 aliphatic carbocycles. The molecule has 17 heavy (non-hydrogen) atoms. The molecule has 6 nitrogen and oxygen atoms in total. The Morgan fingerprint density at radius 1 is 1.47 bits per heavy atom. The number of nitrogens with zero attached hydrogens (tertiary/aromatic N) is 2. The standard InChI is InChI=1S/C11H15N3O3/c1-7-5-8(11(12)17)6-9(13-7)14(2)4-3-10(15)16/h5-6H,3-4H2,1-2H3,(H2,12,17)(H,15,16). The number of hydrogen-bond acceptors (Lipinski definition) is 4. The second kappa shape index (κ2) is 5.29. The maximum atomic E-state index is 11.1. The molecule has 1 aromatic rings. The zero-order valence-corrected chi connectivity index (χ0v) is 9.80. The Morgan fingerprint density at radius 2 is 2.12 bits per heavy atom. The number of carboxylic acids is 1. The maximum absolute atomic E-state index is 11.1. The second-order valence-electron chi connectivity index (χ2n) is 3.78. The summed E-state index contributed by atoms with van der Waals surface area (Å²) in [6.07, 6.45) is 0.0119. The van der Waals surface area contributed by atoms with E-state index in [0.29, 0.717) is 23.6 Å². The number of aryl methyl sites for hydroxylation is 1. The third-order valence-electron chi connectivity index (χ3n) is 2.28. The van der Waals surface area contributed by atoms with E-state index in [9.17, 15) is 9.59 Å². The summed E-state index contributed by atoms with van der Waals surface area (Å²) in [5, 5.41) is 8.59. The Bertz CT molecular complexity index is 446. The lowest BCUT2D eigenvalue weighted by molar-refractivity contribution is -0.136. The van der Waals surface area contributed by atoms with Gasteiger partial charge < -0.3 is 15.7 Å². The van der Waals surface area contributed by atoms with E-state index in [1.165, 1.54) is 0 Å². The third-order valence-corrected chi connectivity index (χ3v) is 2.28. The highest BCUT2D eigenvalue weighted by molar-refractivity contribution is 5.93. The summed E-state index contributed by atoms with van der Waals surface area (Å²) in [6.45, 7) is 2.07. The molecule has 6 heteroatoms. The number of carbonyl (C=O) groups is 2. The van der Waals surface area contributed by atoms with Crippen molar-refractivity contribution in [3.63, 3.8) is 0 Å². The van der Waals surface area contributed by atoms with Crippen LogP contribution in [0.1, 0.15) is 22.5 Å². The van der Waals surface area contributed by atoms with E-state index in [1.807, 2.05) is 0 Å². The lowest BCUT2D eigenvalue weighted by Crippen LogP contribution is -2.23. The largest absolute Gasteiger partial charge is 0.481 e. The maximum Gasteiger partial charge on any atom is 0.305 e. The minimum absolute atomic E-state index is 0.0119. The number of pyridine rings is 1. The van der Waals surface area contributed by atoms with Gasteiger partial charge in [0.1, 0.15) is 5.82 Å². The minimum Gasteiger partial charge on any atom is -0.481 e. The molecule has 1 rings (SSSR count). The molecule has 0 aromatic carbocycles. The van der Waals surface area contributed by atoms with Gasteiger partial charge in [-0.25, -0.2) is 4.98 Å². The fourth-order valence-corrected chi connectivity index (χ4v) is 1.37. The molecule has 1 aromatic heterocycles. The van der Waals surface area contributed by atoms with Crippen molar-refractivity contribution in [2.24, 2.45) is 5.73 Å². The molecule has 3 N–H and O–H groups in total. The van der Waals surface area contributed by atoms with Crippen LogP contribution in [0.25, 0.3) is 0 Å². The average Bonchev–Trinajstić information content (AvgIpc) is 2.24. The van der Waals surface area contributed by atoms with E-state index in [0.717, 1.165) is 0 Å². The monoisotopic (exact) mass is 237 g/mol. The molecule has 1 amide bonds. The number of anilines is 1. The topological polar surface area (TPSA) is 96.5 Å². The van der Waals surface area contributed by atoms with Gasteiger partial charge in [-0.15, -0.1) is 0 Å². The number of hydrogen-bond donors (Lipinski definition) is 2. The lowest BCUT2D eigenvalue weighted by atomic mass is 10.2. The van der Waals surface area contributed by atoms with Crippen LogP contribution >= 0.6 is 0 Å². The van der Waals surface area contributed by atoms with Crippen LogP contribution in [0.2, 0.25) is 0 Å². The number of amides is 1. The summed E-state index contributed by atoms with van der Waals surface area (Å²) in [5.74, 6) is -0.858. The Balaban J connectivity index is 2.89. The van der Waals surface area contributed by atoms with Crippen LogP contribution < -0.4 is 10.6 Å². The third kappa shape index (κ3) is 3.75. The minimum atomic E-state index is -0.875. The van der Waals surface area contributed by atoms with E-state index in [1.54, 1.807) is 31.0 Å². The first kappa shape index (κ1) is 13.0. The van der Waals surface area contributed by atoms with Crippen molar-refractivity contribution in [2.75, 3.05) is 18.5 Å².